The molecule has 0 aliphatic rings. The van der Waals surface area contributed by atoms with Gasteiger partial charge in [-0.1, -0.05) is 0 Å². The van der Waals surface area contributed by atoms with E-state index >= 15 is 0 Å². The number of benzene rings is 1. The molecule has 18 heavy (non-hydrogen) atoms. The van der Waals surface area contributed by atoms with Crippen LogP contribution >= 0.6 is 0 Å². The van der Waals surface area contributed by atoms with Crippen molar-refractivity contribution in [1.29, 1.82) is 0 Å². The second kappa shape index (κ2) is 5.27. The molecule has 3 N–H and O–H groups in total. The van der Waals surface area contributed by atoms with Crippen LogP contribution in [0.5, 0.6) is 5.75 Å². The van der Waals surface area contributed by atoms with Crippen LogP contribution in [0.15, 0.2) is 41.0 Å². The number of methoxy groups -OCH3 is 1. The number of amides is 1. The summed E-state index contributed by atoms with van der Waals surface area (Å²) in [6.45, 7) is 0.322. The van der Waals surface area contributed by atoms with Crippen LogP contribution in [0.3, 0.4) is 0 Å². The fraction of sp³-hybridized carbons (Fsp3) is 0.154. The van der Waals surface area contributed by atoms with Gasteiger partial charge in [0.1, 0.15) is 11.5 Å². The van der Waals surface area contributed by atoms with E-state index in [9.17, 15) is 4.79 Å². The maximum Gasteiger partial charge on any atom is 0.253 e. The van der Waals surface area contributed by atoms with E-state index in [1.165, 1.54) is 7.11 Å². The number of nitrogens with one attached hydrogen (secondary N) is 1. The largest absolute Gasteiger partial charge is 0.497 e. The van der Waals surface area contributed by atoms with Gasteiger partial charge in [0.15, 0.2) is 0 Å². The van der Waals surface area contributed by atoms with Crippen LogP contribution in [0, 0.1) is 0 Å². The first kappa shape index (κ1) is 12.0. The first-order valence-corrected chi connectivity index (χ1v) is 5.45. The van der Waals surface area contributed by atoms with E-state index in [1.54, 1.807) is 36.6 Å². The number of rotatable bonds is 4. The lowest BCUT2D eigenvalue weighted by atomic mass is 10.1. The van der Waals surface area contributed by atoms with Crippen molar-refractivity contribution in [3.63, 3.8) is 0 Å². The Bertz CT molecular complexity index is 535. The summed E-state index contributed by atoms with van der Waals surface area (Å²) >= 11 is 0. The van der Waals surface area contributed by atoms with Crippen LogP contribution in [-0.2, 0) is 6.54 Å². The molecule has 1 aromatic carbocycles. The van der Waals surface area contributed by atoms with Crippen LogP contribution in [0.2, 0.25) is 0 Å². The number of hydrogen-bond donors (Lipinski definition) is 2. The molecule has 5 nitrogen and oxygen atoms in total. The Morgan fingerprint density at radius 3 is 2.94 bits per heavy atom. The van der Waals surface area contributed by atoms with Gasteiger partial charge in [-0.2, -0.15) is 0 Å². The van der Waals surface area contributed by atoms with Gasteiger partial charge in [-0.15, -0.1) is 0 Å². The second-order valence-electron chi connectivity index (χ2n) is 3.72. The van der Waals surface area contributed by atoms with Gasteiger partial charge in [0.25, 0.3) is 5.91 Å². The third-order valence-electron chi connectivity index (χ3n) is 2.51. The fourth-order valence-electron chi connectivity index (χ4n) is 1.53. The SMILES string of the molecule is COc1ccc(N)c(C(=O)NCc2ccco2)c1. The lowest BCUT2D eigenvalue weighted by Crippen LogP contribution is -2.23. The van der Waals surface area contributed by atoms with E-state index in [0.29, 0.717) is 29.3 Å². The summed E-state index contributed by atoms with van der Waals surface area (Å²) in [6.07, 6.45) is 1.56. The highest BCUT2D eigenvalue weighted by molar-refractivity contribution is 5.99. The number of furan rings is 1. The van der Waals surface area contributed by atoms with E-state index in [1.807, 2.05) is 0 Å². The molecule has 5 heteroatoms. The summed E-state index contributed by atoms with van der Waals surface area (Å²) in [6, 6.07) is 8.50. The molecule has 0 spiro atoms. The van der Waals surface area contributed by atoms with Crippen molar-refractivity contribution in [3.8, 4) is 5.75 Å². The molecule has 0 saturated heterocycles. The Kier molecular flexibility index (Phi) is 3.52. The average molecular weight is 246 g/mol. The Labute approximate surface area is 105 Å². The Balaban J connectivity index is 2.08. The Hall–Kier alpha value is -2.43. The predicted octanol–water partition coefficient (Wildman–Crippen LogP) is 1.80. The molecule has 2 rings (SSSR count). The normalized spacial score (nSPS) is 10.1. The molecular formula is C13H14N2O3. The predicted molar refractivity (Wildman–Crippen MR) is 67.3 cm³/mol. The summed E-state index contributed by atoms with van der Waals surface area (Å²) in [4.78, 5) is 11.9. The van der Waals surface area contributed by atoms with E-state index in [4.69, 9.17) is 14.9 Å². The van der Waals surface area contributed by atoms with Gasteiger partial charge in [-0.3, -0.25) is 4.79 Å². The van der Waals surface area contributed by atoms with Crippen molar-refractivity contribution in [2.45, 2.75) is 6.54 Å². The number of carbonyl (C=O) groups excluding carboxylic acids is 1. The summed E-state index contributed by atoms with van der Waals surface area (Å²) in [5.41, 5.74) is 6.55. The van der Waals surface area contributed by atoms with Crippen molar-refractivity contribution in [1.82, 2.24) is 5.32 Å². The minimum atomic E-state index is -0.261. The molecule has 1 amide bonds. The zero-order chi connectivity index (χ0) is 13.0. The lowest BCUT2D eigenvalue weighted by Gasteiger charge is -2.08. The molecule has 0 unspecified atom stereocenters. The molecule has 0 aliphatic heterocycles. The van der Waals surface area contributed by atoms with E-state index in [0.717, 1.165) is 0 Å². The first-order valence-electron chi connectivity index (χ1n) is 5.45. The number of ether oxygens (including phenoxy) is 1. The number of nitrogens with two attached hydrogens (primary N) is 1. The summed E-state index contributed by atoms with van der Waals surface area (Å²) < 4.78 is 10.2. The summed E-state index contributed by atoms with van der Waals surface area (Å²) in [5.74, 6) is 1.01. The monoisotopic (exact) mass is 246 g/mol. The highest BCUT2D eigenvalue weighted by atomic mass is 16.5. The molecule has 0 bridgehead atoms. The molecule has 1 aromatic heterocycles. The van der Waals surface area contributed by atoms with Crippen molar-refractivity contribution in [2.24, 2.45) is 0 Å². The van der Waals surface area contributed by atoms with Gasteiger partial charge in [0.05, 0.1) is 25.5 Å². The molecule has 1 heterocycles. The van der Waals surface area contributed by atoms with Gasteiger partial charge < -0.3 is 20.2 Å². The van der Waals surface area contributed by atoms with Crippen LogP contribution in [0.25, 0.3) is 0 Å². The lowest BCUT2D eigenvalue weighted by molar-refractivity contribution is 0.0948. The minimum absolute atomic E-state index is 0.261. The van der Waals surface area contributed by atoms with Gasteiger partial charge in [-0.05, 0) is 30.3 Å². The highest BCUT2D eigenvalue weighted by Crippen LogP contribution is 2.19. The molecule has 0 atom stereocenters. The van der Waals surface area contributed by atoms with Crippen molar-refractivity contribution in [3.05, 3.63) is 47.9 Å². The van der Waals surface area contributed by atoms with Gasteiger partial charge in [0, 0.05) is 5.69 Å². The second-order valence-corrected chi connectivity index (χ2v) is 3.72. The van der Waals surface area contributed by atoms with Crippen LogP contribution in [-0.4, -0.2) is 13.0 Å². The molecule has 94 valence electrons. The smallest absolute Gasteiger partial charge is 0.253 e. The standard InChI is InChI=1S/C13H14N2O3/c1-17-9-4-5-12(14)11(7-9)13(16)15-8-10-3-2-6-18-10/h2-7H,8,14H2,1H3,(H,15,16). The van der Waals surface area contributed by atoms with Gasteiger partial charge in [-0.25, -0.2) is 0 Å². The third-order valence-corrected chi connectivity index (χ3v) is 2.51. The van der Waals surface area contributed by atoms with E-state index in [-0.39, 0.29) is 5.91 Å². The average Bonchev–Trinajstić information content (AvgIpc) is 2.89. The summed E-state index contributed by atoms with van der Waals surface area (Å²) in [7, 11) is 1.54. The Morgan fingerprint density at radius 2 is 2.28 bits per heavy atom. The van der Waals surface area contributed by atoms with Crippen molar-refractivity contribution in [2.75, 3.05) is 12.8 Å². The highest BCUT2D eigenvalue weighted by Gasteiger charge is 2.11. The Morgan fingerprint density at radius 1 is 1.44 bits per heavy atom. The number of nitrogen functional groups attached to an aromatic ring is 1. The van der Waals surface area contributed by atoms with Crippen molar-refractivity contribution < 1.29 is 13.9 Å². The zero-order valence-electron chi connectivity index (χ0n) is 9.97. The van der Waals surface area contributed by atoms with Crippen molar-refractivity contribution >= 4 is 11.6 Å². The minimum Gasteiger partial charge on any atom is -0.497 e. The van der Waals surface area contributed by atoms with E-state index < -0.39 is 0 Å². The fourth-order valence-corrected chi connectivity index (χ4v) is 1.53. The van der Waals surface area contributed by atoms with Gasteiger partial charge in [0.2, 0.25) is 0 Å². The molecular weight excluding hydrogens is 232 g/mol. The molecule has 2 aromatic rings. The van der Waals surface area contributed by atoms with E-state index in [2.05, 4.69) is 5.32 Å². The molecule has 0 fully saturated rings. The van der Waals surface area contributed by atoms with Crippen LogP contribution < -0.4 is 15.8 Å². The molecule has 0 aliphatic carbocycles. The number of anilines is 1. The van der Waals surface area contributed by atoms with Crippen LogP contribution in [0.1, 0.15) is 16.1 Å². The maximum absolute atomic E-state index is 11.9. The molecule has 0 radical (unpaired) electrons. The zero-order valence-corrected chi connectivity index (χ0v) is 9.97. The maximum atomic E-state index is 11.9. The first-order chi connectivity index (χ1) is 8.70. The topological polar surface area (TPSA) is 77.5 Å². The summed E-state index contributed by atoms with van der Waals surface area (Å²) in [5, 5.41) is 2.73. The van der Waals surface area contributed by atoms with Crippen LogP contribution in [0.4, 0.5) is 5.69 Å². The quantitative estimate of drug-likeness (QED) is 0.806. The molecule has 0 saturated carbocycles. The third kappa shape index (κ3) is 2.63. The number of carbonyl (C=O) groups is 1. The number of hydrogen-bond acceptors (Lipinski definition) is 4. The van der Waals surface area contributed by atoms with Gasteiger partial charge >= 0.3 is 0 Å².